The molecule has 9 aromatic carbocycles. The van der Waals surface area contributed by atoms with Crippen LogP contribution in [-0.2, 0) is 0 Å². The molecule has 0 saturated heterocycles. The molecule has 3 heterocycles. The predicted octanol–water partition coefficient (Wildman–Crippen LogP) is 15.3. The lowest BCUT2D eigenvalue weighted by Crippen LogP contribution is -2.03. The highest BCUT2D eigenvalue weighted by Crippen LogP contribution is 2.44. The third-order valence-electron chi connectivity index (χ3n) is 11.2. The number of nitrogens with zero attached hydrogens (tertiary/aromatic N) is 4. The second-order valence-corrected chi connectivity index (χ2v) is 15.8. The van der Waals surface area contributed by atoms with Crippen molar-refractivity contribution in [1.82, 2.24) is 19.5 Å². The molecule has 5 heteroatoms. The van der Waals surface area contributed by atoms with E-state index in [-0.39, 0.29) is 40.7 Å². The molecule has 0 unspecified atom stereocenters. The summed E-state index contributed by atoms with van der Waals surface area (Å²) in [4.78, 5) is 15.0. The first kappa shape index (κ1) is 27.0. The van der Waals surface area contributed by atoms with Crippen molar-refractivity contribution in [1.29, 1.82) is 0 Å². The Morgan fingerprint density at radius 3 is 1.68 bits per heavy atom. The van der Waals surface area contributed by atoms with Crippen molar-refractivity contribution in [2.45, 2.75) is 0 Å². The molecule has 12 rings (SSSR count). The molecule has 0 aliphatic rings. The molecule has 0 bridgehead atoms. The third-order valence-corrected chi connectivity index (χ3v) is 12.5. The van der Waals surface area contributed by atoms with E-state index < -0.39 is 48.3 Å². The summed E-state index contributed by atoms with van der Waals surface area (Å²) in [5.41, 5.74) is 7.98. The fourth-order valence-corrected chi connectivity index (χ4v) is 9.83. The Labute approximate surface area is 376 Å². The zero-order valence-corrected chi connectivity index (χ0v) is 33.5. The molecule has 0 radical (unpaired) electrons. The van der Waals surface area contributed by atoms with Gasteiger partial charge in [-0.05, 0) is 69.8 Å². The van der Waals surface area contributed by atoms with Crippen LogP contribution in [0, 0.1) is 0 Å². The van der Waals surface area contributed by atoms with Gasteiger partial charge in [-0.2, -0.15) is 0 Å². The summed E-state index contributed by atoms with van der Waals surface area (Å²) in [6.45, 7) is 0. The Morgan fingerprint density at radius 2 is 0.903 bits per heavy atom. The standard InChI is InChI=1S/C57H36N4S/c1-4-17-37(18-5-1)40-33-34-52-49(36-40)45-25-10-12-31-50(45)61(52)51-32-13-11-26-48(51)57-59-55(39-21-8-3-9-22-39)58-56(60-57)42-24-14-23-41(35-42)44-28-16-30-47-46-29-15-27-43(53(46)62-54(44)47)38-19-6-2-7-20-38/h1-36H/i1D,3D,4D,5D,8D,9D,17D,18D,21D,22D. The molecule has 0 amide bonds. The molecule has 4 nitrogen and oxygen atoms in total. The zero-order valence-electron chi connectivity index (χ0n) is 42.7. The van der Waals surface area contributed by atoms with Gasteiger partial charge in [0.25, 0.3) is 0 Å². The van der Waals surface area contributed by atoms with Crippen LogP contribution in [0.3, 0.4) is 0 Å². The first-order valence-corrected chi connectivity index (χ1v) is 20.9. The van der Waals surface area contributed by atoms with Crippen molar-refractivity contribution in [2.75, 3.05) is 0 Å². The topological polar surface area (TPSA) is 43.6 Å². The van der Waals surface area contributed by atoms with Crippen LogP contribution in [0.2, 0.25) is 0 Å². The predicted molar refractivity (Wildman–Crippen MR) is 260 cm³/mol. The maximum atomic E-state index is 9.01. The summed E-state index contributed by atoms with van der Waals surface area (Å²) in [6, 6.07) is 47.4. The van der Waals surface area contributed by atoms with Gasteiger partial charge < -0.3 is 4.57 Å². The highest BCUT2D eigenvalue weighted by Gasteiger charge is 2.20. The summed E-state index contributed by atoms with van der Waals surface area (Å²) in [6.07, 6.45) is 0. The minimum atomic E-state index is -0.534. The van der Waals surface area contributed by atoms with Crippen LogP contribution in [0.15, 0.2) is 218 Å². The van der Waals surface area contributed by atoms with Crippen LogP contribution in [0.4, 0.5) is 0 Å². The molecule has 0 saturated carbocycles. The van der Waals surface area contributed by atoms with E-state index in [4.69, 9.17) is 28.7 Å². The van der Waals surface area contributed by atoms with Gasteiger partial charge in [0.05, 0.1) is 30.4 Å². The van der Waals surface area contributed by atoms with Crippen LogP contribution in [-0.4, -0.2) is 19.5 Å². The number of benzene rings is 9. The molecular formula is C57H36N4S. The Morgan fingerprint density at radius 1 is 0.355 bits per heavy atom. The Bertz CT molecular complexity index is 4190. The Hall–Kier alpha value is -7.99. The number of aromatic nitrogens is 4. The van der Waals surface area contributed by atoms with Crippen LogP contribution in [0.5, 0.6) is 0 Å². The average molecular weight is 819 g/mol. The van der Waals surface area contributed by atoms with Crippen LogP contribution in [0.1, 0.15) is 13.7 Å². The molecule has 0 aliphatic carbocycles. The third kappa shape index (κ3) is 6.09. The van der Waals surface area contributed by atoms with Crippen molar-refractivity contribution in [3.63, 3.8) is 0 Å². The van der Waals surface area contributed by atoms with Gasteiger partial charge in [-0.3, -0.25) is 0 Å². The molecule has 0 aliphatic heterocycles. The van der Waals surface area contributed by atoms with E-state index in [0.717, 1.165) is 59.5 Å². The largest absolute Gasteiger partial charge is 0.309 e. The van der Waals surface area contributed by atoms with Crippen molar-refractivity contribution >= 4 is 53.3 Å². The first-order chi connectivity index (χ1) is 34.9. The molecular weight excluding hydrogens is 773 g/mol. The van der Waals surface area contributed by atoms with Gasteiger partial charge >= 0.3 is 0 Å². The van der Waals surface area contributed by atoms with E-state index in [9.17, 15) is 0 Å². The molecule has 12 aromatic rings. The molecule has 62 heavy (non-hydrogen) atoms. The molecule has 0 fully saturated rings. The van der Waals surface area contributed by atoms with E-state index in [1.165, 1.54) is 4.70 Å². The monoisotopic (exact) mass is 818 g/mol. The minimum Gasteiger partial charge on any atom is -0.309 e. The lowest BCUT2D eigenvalue weighted by molar-refractivity contribution is 1.06. The second kappa shape index (κ2) is 14.9. The molecule has 0 N–H and O–H groups in total. The summed E-state index contributed by atoms with van der Waals surface area (Å²) in [5, 5.41) is 3.90. The van der Waals surface area contributed by atoms with E-state index in [1.807, 2.05) is 103 Å². The quantitative estimate of drug-likeness (QED) is 0.161. The smallest absolute Gasteiger partial charge is 0.166 e. The van der Waals surface area contributed by atoms with Crippen molar-refractivity contribution in [3.05, 3.63) is 218 Å². The minimum absolute atomic E-state index is 0.0970. The summed E-state index contributed by atoms with van der Waals surface area (Å²) in [5.74, 6) is 0.307. The van der Waals surface area contributed by atoms with Crippen LogP contribution < -0.4 is 0 Å². The van der Waals surface area contributed by atoms with E-state index in [2.05, 4.69) is 53.1 Å². The SMILES string of the molecule is [2H]c1c([2H])c([2H])c(-c2ccc3c(c2)c2ccccc2n3-c2ccccc2-c2nc(-c3cccc(-c4cccc5c4sc4c(-c6ccccc6)cccc45)c3)nc(-c3c([2H])c([2H])c([2H])c([2H])c3[2H])n2)c([2H])c1[2H]. The highest BCUT2D eigenvalue weighted by atomic mass is 32.1. The summed E-state index contributed by atoms with van der Waals surface area (Å²) < 4.78 is 90.2. The van der Waals surface area contributed by atoms with Gasteiger partial charge in [-0.15, -0.1) is 11.3 Å². The number of thiophene rings is 1. The maximum Gasteiger partial charge on any atom is 0.166 e. The normalized spacial score (nSPS) is 13.8. The van der Waals surface area contributed by atoms with E-state index >= 15 is 0 Å². The number of para-hydroxylation sites is 2. The van der Waals surface area contributed by atoms with Crippen LogP contribution >= 0.6 is 11.3 Å². The maximum absolute atomic E-state index is 9.01. The van der Waals surface area contributed by atoms with Gasteiger partial charge in [-0.1, -0.05) is 182 Å². The van der Waals surface area contributed by atoms with E-state index in [1.54, 1.807) is 17.4 Å². The fraction of sp³-hybridized carbons (Fsp3) is 0. The lowest BCUT2D eigenvalue weighted by atomic mass is 9.99. The Kier molecular flexibility index (Phi) is 6.49. The van der Waals surface area contributed by atoms with E-state index in [0.29, 0.717) is 22.4 Å². The average Bonchev–Trinajstić information content (AvgIpc) is 3.97. The van der Waals surface area contributed by atoms with Gasteiger partial charge in [0, 0.05) is 47.6 Å². The lowest BCUT2D eigenvalue weighted by Gasteiger charge is -2.15. The number of fused-ring (bicyclic) bond motifs is 6. The molecule has 3 aromatic heterocycles. The van der Waals surface area contributed by atoms with Gasteiger partial charge in [0.15, 0.2) is 17.5 Å². The first-order valence-electron chi connectivity index (χ1n) is 25.0. The van der Waals surface area contributed by atoms with Gasteiger partial charge in [0.2, 0.25) is 0 Å². The fourth-order valence-electron chi connectivity index (χ4n) is 8.46. The number of rotatable bonds is 7. The van der Waals surface area contributed by atoms with Gasteiger partial charge in [0.1, 0.15) is 0 Å². The number of hydrogen-bond acceptors (Lipinski definition) is 4. The van der Waals surface area contributed by atoms with Crippen molar-refractivity contribution in [3.8, 4) is 73.2 Å². The van der Waals surface area contributed by atoms with Crippen molar-refractivity contribution < 1.29 is 13.7 Å². The van der Waals surface area contributed by atoms with Gasteiger partial charge in [-0.25, -0.2) is 15.0 Å². The highest BCUT2D eigenvalue weighted by molar-refractivity contribution is 7.26. The molecule has 0 spiro atoms. The summed E-state index contributed by atoms with van der Waals surface area (Å²) in [7, 11) is 0. The molecule has 0 atom stereocenters. The van der Waals surface area contributed by atoms with Crippen LogP contribution in [0.25, 0.3) is 115 Å². The summed E-state index contributed by atoms with van der Waals surface area (Å²) >= 11 is 1.74. The molecule has 290 valence electrons. The Balaban J connectivity index is 1.06. The number of hydrogen-bond donors (Lipinski definition) is 0. The second-order valence-electron chi connectivity index (χ2n) is 14.8. The van der Waals surface area contributed by atoms with Crippen molar-refractivity contribution in [2.24, 2.45) is 0 Å². The zero-order chi connectivity index (χ0) is 49.7.